The highest BCUT2D eigenvalue weighted by Gasteiger charge is 2.12. The maximum atomic E-state index is 12.0. The van der Waals surface area contributed by atoms with Gasteiger partial charge in [0.05, 0.1) is 29.8 Å². The third-order valence-corrected chi connectivity index (χ3v) is 3.82. The lowest BCUT2D eigenvalue weighted by molar-refractivity contribution is -0.123. The molecule has 0 atom stereocenters. The van der Waals surface area contributed by atoms with E-state index in [2.05, 4.69) is 15.5 Å². The number of para-hydroxylation sites is 1. The van der Waals surface area contributed by atoms with Gasteiger partial charge in [-0.2, -0.15) is 5.10 Å². The monoisotopic (exact) mass is 359 g/mol. The molecular weight excluding hydrogens is 342 g/mol. The zero-order valence-electron chi connectivity index (χ0n) is 13.9. The van der Waals surface area contributed by atoms with E-state index in [4.69, 9.17) is 16.3 Å². The van der Waals surface area contributed by atoms with Gasteiger partial charge < -0.3 is 10.1 Å². The van der Waals surface area contributed by atoms with Crippen LogP contribution in [-0.2, 0) is 18.4 Å². The van der Waals surface area contributed by atoms with Crippen LogP contribution >= 0.6 is 11.6 Å². The largest absolute Gasteiger partial charge is 0.465 e. The summed E-state index contributed by atoms with van der Waals surface area (Å²) in [4.78, 5) is 12.0. The number of benzene rings is 1. The number of carbonyl (C=O) groups excluding carboxylic acids is 1. The molecule has 0 spiro atoms. The molecule has 0 saturated heterocycles. The Balaban J connectivity index is 1.55. The molecule has 8 heteroatoms. The first-order valence-electron chi connectivity index (χ1n) is 7.72. The van der Waals surface area contributed by atoms with Gasteiger partial charge in [0.25, 0.3) is 11.8 Å². The molecule has 0 bridgehead atoms. The van der Waals surface area contributed by atoms with Gasteiger partial charge in [0.2, 0.25) is 0 Å². The number of ether oxygens (including phenoxy) is 1. The van der Waals surface area contributed by atoms with Crippen LogP contribution in [0.2, 0.25) is 5.02 Å². The highest BCUT2D eigenvalue weighted by molar-refractivity contribution is 6.31. The van der Waals surface area contributed by atoms with Crippen LogP contribution in [-0.4, -0.2) is 32.1 Å². The first-order valence-corrected chi connectivity index (χ1v) is 8.10. The summed E-state index contributed by atoms with van der Waals surface area (Å²) >= 11 is 6.12. The second-order valence-corrected chi connectivity index (χ2v) is 5.94. The van der Waals surface area contributed by atoms with Crippen LogP contribution in [0.15, 0.2) is 42.6 Å². The van der Waals surface area contributed by atoms with Crippen LogP contribution in [0, 0.1) is 6.92 Å². The minimum atomic E-state index is -0.260. The Morgan fingerprint density at radius 2 is 2.04 bits per heavy atom. The first kappa shape index (κ1) is 17.0. The van der Waals surface area contributed by atoms with Gasteiger partial charge in [-0.1, -0.05) is 29.8 Å². The summed E-state index contributed by atoms with van der Waals surface area (Å²) in [5.41, 5.74) is 2.67. The fraction of sp³-hybridized carbons (Fsp3) is 0.235. The number of hydrogen-bond donors (Lipinski definition) is 1. The van der Waals surface area contributed by atoms with E-state index in [9.17, 15) is 4.79 Å². The van der Waals surface area contributed by atoms with E-state index < -0.39 is 0 Å². The molecular formula is C17H18ClN5O2. The van der Waals surface area contributed by atoms with E-state index in [0.717, 1.165) is 17.1 Å². The molecule has 2 heterocycles. The van der Waals surface area contributed by atoms with Crippen molar-refractivity contribution < 1.29 is 9.53 Å². The van der Waals surface area contributed by atoms with Crippen molar-refractivity contribution in [3.63, 3.8) is 0 Å². The number of nitrogens with one attached hydrogen (secondary N) is 1. The maximum absolute atomic E-state index is 12.0. The summed E-state index contributed by atoms with van der Waals surface area (Å²) < 4.78 is 8.76. The van der Waals surface area contributed by atoms with Crippen molar-refractivity contribution in [2.75, 3.05) is 6.61 Å². The minimum Gasteiger partial charge on any atom is -0.465 e. The highest BCUT2D eigenvalue weighted by atomic mass is 35.5. The number of halogens is 1. The third-order valence-electron chi connectivity index (χ3n) is 3.56. The highest BCUT2D eigenvalue weighted by Crippen LogP contribution is 2.23. The van der Waals surface area contributed by atoms with Crippen LogP contribution in [0.3, 0.4) is 0 Å². The predicted octanol–water partition coefficient (Wildman–Crippen LogP) is 2.26. The number of hydrogen-bond acceptors (Lipinski definition) is 4. The fourth-order valence-electron chi connectivity index (χ4n) is 2.35. The fourth-order valence-corrected chi connectivity index (χ4v) is 2.54. The van der Waals surface area contributed by atoms with Gasteiger partial charge in [-0.25, -0.2) is 4.68 Å². The Labute approximate surface area is 150 Å². The van der Waals surface area contributed by atoms with E-state index in [1.54, 1.807) is 15.6 Å². The Morgan fingerprint density at radius 1 is 1.28 bits per heavy atom. The molecule has 1 N–H and O–H groups in total. The zero-order valence-corrected chi connectivity index (χ0v) is 14.7. The molecule has 0 aliphatic rings. The van der Waals surface area contributed by atoms with Crippen LogP contribution in [0.5, 0.6) is 5.88 Å². The molecule has 0 fully saturated rings. The molecule has 0 aliphatic carbocycles. The number of nitrogens with zero attached hydrogens (tertiary/aromatic N) is 4. The van der Waals surface area contributed by atoms with Crippen LogP contribution in [0.4, 0.5) is 0 Å². The Hall–Kier alpha value is -2.80. The molecule has 3 rings (SSSR count). The molecule has 3 aromatic rings. The number of carbonyl (C=O) groups is 1. The van der Waals surface area contributed by atoms with Crippen molar-refractivity contribution >= 4 is 17.5 Å². The summed E-state index contributed by atoms with van der Waals surface area (Å²) in [6.45, 7) is 2.12. The van der Waals surface area contributed by atoms with Crippen LogP contribution in [0.25, 0.3) is 5.69 Å². The van der Waals surface area contributed by atoms with E-state index >= 15 is 0 Å². The SMILES string of the molecule is Cc1cc(CNC(=O)COc2nn(-c3ccccc3)cc2Cl)n(C)n1. The molecule has 0 unspecified atom stereocenters. The summed E-state index contributed by atoms with van der Waals surface area (Å²) in [5, 5.41) is 11.6. The van der Waals surface area contributed by atoms with Gasteiger partial charge in [0.1, 0.15) is 5.02 Å². The average Bonchev–Trinajstić information content (AvgIpc) is 3.13. The van der Waals surface area contributed by atoms with Crippen molar-refractivity contribution in [2.24, 2.45) is 7.05 Å². The van der Waals surface area contributed by atoms with Crippen molar-refractivity contribution in [1.29, 1.82) is 0 Å². The normalized spacial score (nSPS) is 10.7. The predicted molar refractivity (Wildman–Crippen MR) is 93.9 cm³/mol. The van der Waals surface area contributed by atoms with Gasteiger partial charge in [-0.15, -0.1) is 5.10 Å². The number of amides is 1. The zero-order chi connectivity index (χ0) is 17.8. The van der Waals surface area contributed by atoms with E-state index in [-0.39, 0.29) is 18.4 Å². The summed E-state index contributed by atoms with van der Waals surface area (Å²) in [7, 11) is 1.83. The quantitative estimate of drug-likeness (QED) is 0.732. The number of aromatic nitrogens is 4. The summed E-state index contributed by atoms with van der Waals surface area (Å²) in [6.07, 6.45) is 1.64. The summed E-state index contributed by atoms with van der Waals surface area (Å²) in [5.74, 6) is -0.0405. The van der Waals surface area contributed by atoms with Gasteiger partial charge in [0.15, 0.2) is 6.61 Å². The van der Waals surface area contributed by atoms with E-state index in [0.29, 0.717) is 11.6 Å². The van der Waals surface area contributed by atoms with Gasteiger partial charge >= 0.3 is 0 Å². The third kappa shape index (κ3) is 4.19. The Morgan fingerprint density at radius 3 is 2.72 bits per heavy atom. The minimum absolute atomic E-state index is 0.164. The van der Waals surface area contributed by atoms with Gasteiger partial charge in [-0.05, 0) is 25.1 Å². The van der Waals surface area contributed by atoms with Crippen molar-refractivity contribution in [2.45, 2.75) is 13.5 Å². The molecule has 0 aliphatic heterocycles. The maximum Gasteiger partial charge on any atom is 0.258 e. The molecule has 0 radical (unpaired) electrons. The number of aryl methyl sites for hydroxylation is 2. The van der Waals surface area contributed by atoms with E-state index in [1.165, 1.54) is 0 Å². The van der Waals surface area contributed by atoms with Crippen molar-refractivity contribution in [3.05, 3.63) is 59.0 Å². The number of rotatable bonds is 6. The topological polar surface area (TPSA) is 74.0 Å². The molecule has 7 nitrogen and oxygen atoms in total. The Bertz CT molecular complexity index is 873. The molecule has 25 heavy (non-hydrogen) atoms. The smallest absolute Gasteiger partial charge is 0.258 e. The van der Waals surface area contributed by atoms with Crippen LogP contribution < -0.4 is 10.1 Å². The average molecular weight is 360 g/mol. The summed E-state index contributed by atoms with van der Waals surface area (Å²) in [6, 6.07) is 11.4. The molecule has 130 valence electrons. The molecule has 1 amide bonds. The van der Waals surface area contributed by atoms with Crippen LogP contribution in [0.1, 0.15) is 11.4 Å². The van der Waals surface area contributed by atoms with Gasteiger partial charge in [-0.3, -0.25) is 9.48 Å². The Kier molecular flexibility index (Phi) is 5.04. The van der Waals surface area contributed by atoms with Crippen molar-refractivity contribution in [1.82, 2.24) is 24.9 Å². The first-order chi connectivity index (χ1) is 12.0. The van der Waals surface area contributed by atoms with Gasteiger partial charge in [0, 0.05) is 7.05 Å². The lowest BCUT2D eigenvalue weighted by Gasteiger charge is -2.06. The molecule has 2 aromatic heterocycles. The lowest BCUT2D eigenvalue weighted by atomic mass is 10.3. The lowest BCUT2D eigenvalue weighted by Crippen LogP contribution is -2.29. The second-order valence-electron chi connectivity index (χ2n) is 5.53. The second kappa shape index (κ2) is 7.40. The van der Waals surface area contributed by atoms with E-state index in [1.807, 2.05) is 50.4 Å². The molecule has 0 saturated carbocycles. The standard InChI is InChI=1S/C17H18ClN5O2/c1-12-8-14(22(2)20-12)9-19-16(24)11-25-17-15(18)10-23(21-17)13-6-4-3-5-7-13/h3-8,10H,9,11H2,1-2H3,(H,19,24). The van der Waals surface area contributed by atoms with Crippen molar-refractivity contribution in [3.8, 4) is 11.6 Å². The molecule has 1 aromatic carbocycles.